The third kappa shape index (κ3) is 3.57. The van der Waals surface area contributed by atoms with Crippen LogP contribution in [0.1, 0.15) is 32.6 Å². The van der Waals surface area contributed by atoms with E-state index >= 15 is 0 Å². The Labute approximate surface area is 111 Å². The molecule has 0 aromatic carbocycles. The van der Waals surface area contributed by atoms with E-state index in [0.29, 0.717) is 18.3 Å². The molecule has 0 spiro atoms. The monoisotopic (exact) mass is 271 g/mol. The fourth-order valence-corrected chi connectivity index (χ4v) is 1.83. The van der Waals surface area contributed by atoms with E-state index in [9.17, 15) is 9.59 Å². The standard InChI is InChI=1S/C12H18ClN3O2/c1-7(2)6-14-12(18)8(3)16-9(4)15-10(13)5-11(16)17/h5,7-8H,6H2,1-4H3,(H,14,18). The zero-order valence-electron chi connectivity index (χ0n) is 11.0. The summed E-state index contributed by atoms with van der Waals surface area (Å²) in [6, 6.07) is 0.613. The minimum absolute atomic E-state index is 0.142. The average Bonchev–Trinajstić information content (AvgIpc) is 2.24. The van der Waals surface area contributed by atoms with Crippen LogP contribution in [0, 0.1) is 12.8 Å². The van der Waals surface area contributed by atoms with Crippen molar-refractivity contribution in [2.75, 3.05) is 6.54 Å². The maximum atomic E-state index is 11.9. The van der Waals surface area contributed by atoms with Crippen LogP contribution >= 0.6 is 11.6 Å². The molecule has 0 radical (unpaired) electrons. The Balaban J connectivity index is 2.94. The molecule has 1 aromatic heterocycles. The Morgan fingerprint density at radius 1 is 1.50 bits per heavy atom. The molecule has 1 aromatic rings. The molecule has 1 amide bonds. The lowest BCUT2D eigenvalue weighted by atomic mass is 10.2. The van der Waals surface area contributed by atoms with Crippen molar-refractivity contribution in [3.8, 4) is 0 Å². The van der Waals surface area contributed by atoms with Gasteiger partial charge in [0.05, 0.1) is 0 Å². The molecule has 0 bridgehead atoms. The quantitative estimate of drug-likeness (QED) is 0.845. The van der Waals surface area contributed by atoms with Gasteiger partial charge in [0.2, 0.25) is 5.91 Å². The Morgan fingerprint density at radius 2 is 2.11 bits per heavy atom. The molecule has 5 nitrogen and oxygen atoms in total. The van der Waals surface area contributed by atoms with Crippen LogP contribution in [0.4, 0.5) is 0 Å². The van der Waals surface area contributed by atoms with Crippen LogP contribution in [0.5, 0.6) is 0 Å². The molecule has 0 aliphatic carbocycles. The van der Waals surface area contributed by atoms with Crippen molar-refractivity contribution in [2.24, 2.45) is 5.92 Å². The number of carbonyl (C=O) groups is 1. The van der Waals surface area contributed by atoms with Crippen LogP contribution < -0.4 is 10.9 Å². The number of rotatable bonds is 4. The number of aromatic nitrogens is 2. The minimum Gasteiger partial charge on any atom is -0.354 e. The molecule has 1 atom stereocenters. The van der Waals surface area contributed by atoms with E-state index in [0.717, 1.165) is 0 Å². The summed E-state index contributed by atoms with van der Waals surface area (Å²) in [5, 5.41) is 2.93. The number of amides is 1. The van der Waals surface area contributed by atoms with Crippen LogP contribution in [0.2, 0.25) is 5.15 Å². The summed E-state index contributed by atoms with van der Waals surface area (Å²) >= 11 is 5.68. The number of carbonyl (C=O) groups excluding carboxylic acids is 1. The topological polar surface area (TPSA) is 64.0 Å². The molecule has 1 rings (SSSR count). The van der Waals surface area contributed by atoms with E-state index in [-0.39, 0.29) is 16.6 Å². The van der Waals surface area contributed by atoms with E-state index in [4.69, 9.17) is 11.6 Å². The van der Waals surface area contributed by atoms with Gasteiger partial charge in [0.25, 0.3) is 5.56 Å². The average molecular weight is 272 g/mol. The molecule has 0 aliphatic rings. The number of hydrogen-bond acceptors (Lipinski definition) is 3. The highest BCUT2D eigenvalue weighted by atomic mass is 35.5. The van der Waals surface area contributed by atoms with E-state index in [1.165, 1.54) is 10.6 Å². The van der Waals surface area contributed by atoms with Crippen molar-refractivity contribution in [1.82, 2.24) is 14.9 Å². The summed E-state index contributed by atoms with van der Waals surface area (Å²) in [7, 11) is 0. The number of nitrogens with zero attached hydrogens (tertiary/aromatic N) is 2. The summed E-state index contributed by atoms with van der Waals surface area (Å²) in [5.74, 6) is 0.597. The largest absolute Gasteiger partial charge is 0.354 e. The smallest absolute Gasteiger partial charge is 0.255 e. The number of nitrogens with one attached hydrogen (secondary N) is 1. The lowest BCUT2D eigenvalue weighted by Gasteiger charge is -2.17. The molecule has 1 heterocycles. The number of hydrogen-bond donors (Lipinski definition) is 1. The molecule has 0 saturated carbocycles. The zero-order chi connectivity index (χ0) is 13.9. The van der Waals surface area contributed by atoms with Gasteiger partial charge in [-0.15, -0.1) is 0 Å². The maximum absolute atomic E-state index is 11.9. The highest BCUT2D eigenvalue weighted by Crippen LogP contribution is 2.08. The first-order valence-electron chi connectivity index (χ1n) is 5.86. The summed E-state index contributed by atoms with van der Waals surface area (Å²) in [6.45, 7) is 7.91. The molecule has 1 unspecified atom stereocenters. The first-order valence-corrected chi connectivity index (χ1v) is 6.24. The Kier molecular flexibility index (Phi) is 4.90. The van der Waals surface area contributed by atoms with Crippen molar-refractivity contribution >= 4 is 17.5 Å². The van der Waals surface area contributed by atoms with Crippen LogP contribution in [-0.4, -0.2) is 22.0 Å². The number of aryl methyl sites for hydroxylation is 1. The van der Waals surface area contributed by atoms with Gasteiger partial charge in [-0.3, -0.25) is 14.2 Å². The molecule has 18 heavy (non-hydrogen) atoms. The molecule has 0 aliphatic heterocycles. The van der Waals surface area contributed by atoms with Gasteiger partial charge < -0.3 is 5.32 Å². The Morgan fingerprint density at radius 3 is 2.61 bits per heavy atom. The maximum Gasteiger partial charge on any atom is 0.255 e. The molecule has 6 heteroatoms. The second kappa shape index (κ2) is 6.00. The third-order valence-electron chi connectivity index (χ3n) is 2.55. The van der Waals surface area contributed by atoms with Crippen molar-refractivity contribution in [3.05, 3.63) is 27.4 Å². The van der Waals surface area contributed by atoms with Crippen LogP contribution in [0.15, 0.2) is 10.9 Å². The molecule has 100 valence electrons. The normalized spacial score (nSPS) is 12.6. The summed E-state index contributed by atoms with van der Waals surface area (Å²) in [4.78, 5) is 27.7. The van der Waals surface area contributed by atoms with Gasteiger partial charge in [0.15, 0.2) is 0 Å². The molecule has 0 saturated heterocycles. The second-order valence-corrected chi connectivity index (χ2v) is 5.04. The van der Waals surface area contributed by atoms with Gasteiger partial charge in [0.1, 0.15) is 17.0 Å². The second-order valence-electron chi connectivity index (χ2n) is 4.65. The molecular formula is C12H18ClN3O2. The fraction of sp³-hybridized carbons (Fsp3) is 0.583. The highest BCUT2D eigenvalue weighted by molar-refractivity contribution is 6.29. The van der Waals surface area contributed by atoms with E-state index < -0.39 is 6.04 Å². The lowest BCUT2D eigenvalue weighted by molar-refractivity contribution is -0.124. The SMILES string of the molecule is Cc1nc(Cl)cc(=O)n1C(C)C(=O)NCC(C)C. The number of halogens is 1. The summed E-state index contributed by atoms with van der Waals surface area (Å²) in [5.41, 5.74) is -0.320. The van der Waals surface area contributed by atoms with Gasteiger partial charge in [-0.1, -0.05) is 25.4 Å². The fourth-order valence-electron chi connectivity index (χ4n) is 1.61. The first-order chi connectivity index (χ1) is 8.32. The predicted molar refractivity (Wildman–Crippen MR) is 70.8 cm³/mol. The van der Waals surface area contributed by atoms with Crippen molar-refractivity contribution in [3.63, 3.8) is 0 Å². The molecule has 0 fully saturated rings. The van der Waals surface area contributed by atoms with Gasteiger partial charge in [-0.2, -0.15) is 0 Å². The summed E-state index contributed by atoms with van der Waals surface area (Å²) < 4.78 is 1.33. The van der Waals surface area contributed by atoms with E-state index in [1.807, 2.05) is 13.8 Å². The minimum atomic E-state index is -0.596. The van der Waals surface area contributed by atoms with Crippen LogP contribution in [0.3, 0.4) is 0 Å². The van der Waals surface area contributed by atoms with Crippen LogP contribution in [0.25, 0.3) is 0 Å². The Hall–Kier alpha value is -1.36. The van der Waals surface area contributed by atoms with Crippen LogP contribution in [-0.2, 0) is 4.79 Å². The van der Waals surface area contributed by atoms with Gasteiger partial charge >= 0.3 is 0 Å². The summed E-state index contributed by atoms with van der Waals surface area (Å²) in [6.07, 6.45) is 0. The molecular weight excluding hydrogens is 254 g/mol. The first kappa shape index (κ1) is 14.7. The van der Waals surface area contributed by atoms with Crippen molar-refractivity contribution < 1.29 is 4.79 Å². The predicted octanol–water partition coefficient (Wildman–Crippen LogP) is 1.54. The van der Waals surface area contributed by atoms with Gasteiger partial charge in [0, 0.05) is 12.6 Å². The molecule has 1 N–H and O–H groups in total. The van der Waals surface area contributed by atoms with E-state index in [2.05, 4.69) is 10.3 Å². The Bertz CT molecular complexity index is 497. The van der Waals surface area contributed by atoms with Gasteiger partial charge in [-0.25, -0.2) is 4.98 Å². The third-order valence-corrected chi connectivity index (χ3v) is 2.74. The van der Waals surface area contributed by atoms with Crippen molar-refractivity contribution in [1.29, 1.82) is 0 Å². The zero-order valence-corrected chi connectivity index (χ0v) is 11.8. The lowest BCUT2D eigenvalue weighted by Crippen LogP contribution is -2.38. The van der Waals surface area contributed by atoms with Gasteiger partial charge in [-0.05, 0) is 19.8 Å². The van der Waals surface area contributed by atoms with Crippen molar-refractivity contribution in [2.45, 2.75) is 33.7 Å². The highest BCUT2D eigenvalue weighted by Gasteiger charge is 2.18. The van der Waals surface area contributed by atoms with E-state index in [1.54, 1.807) is 13.8 Å².